The molecule has 0 heterocycles. The van der Waals surface area contributed by atoms with Crippen molar-refractivity contribution in [2.75, 3.05) is 6.61 Å². The van der Waals surface area contributed by atoms with E-state index in [2.05, 4.69) is 24.7 Å². The Morgan fingerprint density at radius 2 is 1.64 bits per heavy atom. The van der Waals surface area contributed by atoms with E-state index in [9.17, 15) is 9.59 Å². The van der Waals surface area contributed by atoms with Crippen molar-refractivity contribution in [3.05, 3.63) is 29.8 Å². The van der Waals surface area contributed by atoms with Gasteiger partial charge in [-0.2, -0.15) is 0 Å². The molecular weight excluding hydrogens is 280 g/mol. The summed E-state index contributed by atoms with van der Waals surface area (Å²) in [5.74, 6) is 0.249. The largest absolute Gasteiger partial charge is 0.494 e. The predicted octanol–water partition coefficient (Wildman–Crippen LogP) is 3.21. The van der Waals surface area contributed by atoms with Gasteiger partial charge in [-0.1, -0.05) is 33.1 Å². The molecule has 0 aliphatic heterocycles. The standard InChI is InChI=1S/C17H26N2O3/c1-3-5-7-8-16(20)18-19-17(21)14-9-11-15(12-10-14)22-13-6-4-2/h9-12H,3-8,13H2,1-2H3,(H,18,20)(H,19,21). The second-order valence-corrected chi connectivity index (χ2v) is 5.19. The van der Waals surface area contributed by atoms with E-state index in [0.29, 0.717) is 18.6 Å². The highest BCUT2D eigenvalue weighted by atomic mass is 16.5. The summed E-state index contributed by atoms with van der Waals surface area (Å²) in [5.41, 5.74) is 5.33. The highest BCUT2D eigenvalue weighted by Gasteiger charge is 2.07. The van der Waals surface area contributed by atoms with E-state index < -0.39 is 0 Å². The number of hydrazine groups is 1. The Hall–Kier alpha value is -2.04. The molecule has 0 aliphatic rings. The lowest BCUT2D eigenvalue weighted by Gasteiger charge is -2.08. The molecule has 0 radical (unpaired) electrons. The third-order valence-electron chi connectivity index (χ3n) is 3.21. The summed E-state index contributed by atoms with van der Waals surface area (Å²) in [6.07, 6.45) is 5.43. The van der Waals surface area contributed by atoms with Gasteiger partial charge in [0.1, 0.15) is 5.75 Å². The van der Waals surface area contributed by atoms with Crippen LogP contribution in [0, 0.1) is 0 Å². The first kappa shape index (κ1) is 18.0. The molecule has 0 saturated heterocycles. The fraction of sp³-hybridized carbons (Fsp3) is 0.529. The Kier molecular flexibility index (Phi) is 8.72. The van der Waals surface area contributed by atoms with Gasteiger partial charge in [0.05, 0.1) is 6.61 Å². The van der Waals surface area contributed by atoms with E-state index in [1.807, 2.05) is 0 Å². The number of carbonyl (C=O) groups excluding carboxylic acids is 2. The van der Waals surface area contributed by atoms with E-state index in [4.69, 9.17) is 4.74 Å². The second kappa shape index (κ2) is 10.7. The third-order valence-corrected chi connectivity index (χ3v) is 3.21. The lowest BCUT2D eigenvalue weighted by Crippen LogP contribution is -2.41. The summed E-state index contributed by atoms with van der Waals surface area (Å²) >= 11 is 0. The zero-order chi connectivity index (χ0) is 16.2. The maximum Gasteiger partial charge on any atom is 0.269 e. The first-order chi connectivity index (χ1) is 10.7. The molecule has 1 aromatic carbocycles. The van der Waals surface area contributed by atoms with E-state index in [1.54, 1.807) is 24.3 Å². The fourth-order valence-electron chi connectivity index (χ4n) is 1.83. The molecule has 0 atom stereocenters. The smallest absolute Gasteiger partial charge is 0.269 e. The van der Waals surface area contributed by atoms with Crippen LogP contribution in [0.4, 0.5) is 0 Å². The van der Waals surface area contributed by atoms with Gasteiger partial charge in [0, 0.05) is 12.0 Å². The van der Waals surface area contributed by atoms with Gasteiger partial charge >= 0.3 is 0 Å². The van der Waals surface area contributed by atoms with Crippen LogP contribution in [0.1, 0.15) is 62.7 Å². The molecule has 122 valence electrons. The summed E-state index contributed by atoms with van der Waals surface area (Å²) in [5, 5.41) is 0. The maximum atomic E-state index is 11.9. The number of unbranched alkanes of at least 4 members (excludes halogenated alkanes) is 3. The van der Waals surface area contributed by atoms with Crippen molar-refractivity contribution in [1.29, 1.82) is 0 Å². The van der Waals surface area contributed by atoms with Crippen molar-refractivity contribution in [1.82, 2.24) is 10.9 Å². The van der Waals surface area contributed by atoms with E-state index >= 15 is 0 Å². The number of rotatable bonds is 9. The average molecular weight is 306 g/mol. The molecule has 0 fully saturated rings. The molecule has 0 bridgehead atoms. The molecule has 0 aromatic heterocycles. The first-order valence-corrected chi connectivity index (χ1v) is 7.99. The Balaban J connectivity index is 2.34. The average Bonchev–Trinajstić information content (AvgIpc) is 2.54. The number of amides is 2. The van der Waals surface area contributed by atoms with Crippen LogP contribution < -0.4 is 15.6 Å². The normalized spacial score (nSPS) is 10.1. The van der Waals surface area contributed by atoms with Crippen molar-refractivity contribution in [3.63, 3.8) is 0 Å². The van der Waals surface area contributed by atoms with Crippen LogP contribution in [-0.2, 0) is 4.79 Å². The minimum absolute atomic E-state index is 0.165. The van der Waals surface area contributed by atoms with Gasteiger partial charge in [0.15, 0.2) is 0 Å². The predicted molar refractivity (Wildman–Crippen MR) is 86.6 cm³/mol. The van der Waals surface area contributed by atoms with Crippen LogP contribution in [0.25, 0.3) is 0 Å². The molecule has 22 heavy (non-hydrogen) atoms. The molecule has 2 amide bonds. The van der Waals surface area contributed by atoms with Gasteiger partial charge < -0.3 is 4.74 Å². The van der Waals surface area contributed by atoms with Crippen LogP contribution >= 0.6 is 0 Å². The highest BCUT2D eigenvalue weighted by molar-refractivity contribution is 5.95. The second-order valence-electron chi connectivity index (χ2n) is 5.19. The lowest BCUT2D eigenvalue weighted by molar-refractivity contribution is -0.121. The van der Waals surface area contributed by atoms with Crippen LogP contribution in [0.3, 0.4) is 0 Å². The monoisotopic (exact) mass is 306 g/mol. The minimum atomic E-state index is -0.330. The van der Waals surface area contributed by atoms with Gasteiger partial charge in [0.2, 0.25) is 5.91 Å². The first-order valence-electron chi connectivity index (χ1n) is 7.99. The topological polar surface area (TPSA) is 67.4 Å². The SMILES string of the molecule is CCCCCC(=O)NNC(=O)c1ccc(OCCCC)cc1. The molecule has 1 aromatic rings. The quantitative estimate of drug-likeness (QED) is 0.544. The molecule has 5 heteroatoms. The van der Waals surface area contributed by atoms with Crippen molar-refractivity contribution >= 4 is 11.8 Å². The van der Waals surface area contributed by atoms with Crippen LogP contribution in [0.5, 0.6) is 5.75 Å². The van der Waals surface area contributed by atoms with Crippen LogP contribution in [-0.4, -0.2) is 18.4 Å². The van der Waals surface area contributed by atoms with Gasteiger partial charge in [0.25, 0.3) is 5.91 Å². The van der Waals surface area contributed by atoms with E-state index in [-0.39, 0.29) is 11.8 Å². The Morgan fingerprint density at radius 3 is 2.27 bits per heavy atom. The zero-order valence-corrected chi connectivity index (χ0v) is 13.5. The van der Waals surface area contributed by atoms with E-state index in [1.165, 1.54) is 0 Å². The van der Waals surface area contributed by atoms with Gasteiger partial charge in [-0.15, -0.1) is 0 Å². The number of ether oxygens (including phenoxy) is 1. The fourth-order valence-corrected chi connectivity index (χ4v) is 1.83. The minimum Gasteiger partial charge on any atom is -0.494 e. The summed E-state index contributed by atoms with van der Waals surface area (Å²) in [6, 6.07) is 6.88. The Labute approximate surface area is 132 Å². The number of hydrogen-bond donors (Lipinski definition) is 2. The molecule has 0 unspecified atom stereocenters. The summed E-state index contributed by atoms with van der Waals surface area (Å²) in [4.78, 5) is 23.4. The van der Waals surface area contributed by atoms with Crippen molar-refractivity contribution < 1.29 is 14.3 Å². The van der Waals surface area contributed by atoms with Gasteiger partial charge in [-0.3, -0.25) is 20.4 Å². The zero-order valence-electron chi connectivity index (χ0n) is 13.5. The summed E-state index contributed by atoms with van der Waals surface area (Å²) in [7, 11) is 0. The number of hydrogen-bond acceptors (Lipinski definition) is 3. The molecular formula is C17H26N2O3. The van der Waals surface area contributed by atoms with Crippen molar-refractivity contribution in [2.45, 2.75) is 52.4 Å². The lowest BCUT2D eigenvalue weighted by atomic mass is 10.2. The van der Waals surface area contributed by atoms with Crippen molar-refractivity contribution in [3.8, 4) is 5.75 Å². The summed E-state index contributed by atoms with van der Waals surface area (Å²) < 4.78 is 5.53. The molecule has 1 rings (SSSR count). The third kappa shape index (κ3) is 7.11. The molecule has 0 aliphatic carbocycles. The van der Waals surface area contributed by atoms with Crippen LogP contribution in [0.15, 0.2) is 24.3 Å². The molecule has 0 spiro atoms. The Morgan fingerprint density at radius 1 is 0.955 bits per heavy atom. The van der Waals surface area contributed by atoms with Gasteiger partial charge in [-0.25, -0.2) is 0 Å². The Bertz CT molecular complexity index is 457. The van der Waals surface area contributed by atoms with E-state index in [0.717, 1.165) is 37.9 Å². The maximum absolute atomic E-state index is 11.9. The van der Waals surface area contributed by atoms with Gasteiger partial charge in [-0.05, 0) is 37.1 Å². The molecule has 2 N–H and O–H groups in total. The van der Waals surface area contributed by atoms with Crippen molar-refractivity contribution in [2.24, 2.45) is 0 Å². The summed E-state index contributed by atoms with van der Waals surface area (Å²) in [6.45, 7) is 4.86. The number of carbonyl (C=O) groups is 2. The number of benzene rings is 1. The molecule has 0 saturated carbocycles. The van der Waals surface area contributed by atoms with Crippen LogP contribution in [0.2, 0.25) is 0 Å². The molecule has 5 nitrogen and oxygen atoms in total. The highest BCUT2D eigenvalue weighted by Crippen LogP contribution is 2.12. The number of nitrogens with one attached hydrogen (secondary N) is 2.